The van der Waals surface area contributed by atoms with Gasteiger partial charge in [-0.05, 0) is 48.9 Å². The van der Waals surface area contributed by atoms with Crippen molar-refractivity contribution in [2.75, 3.05) is 38.7 Å². The van der Waals surface area contributed by atoms with E-state index < -0.39 is 5.82 Å². The van der Waals surface area contributed by atoms with Crippen LogP contribution in [0.25, 0.3) is 10.9 Å². The number of methoxy groups -OCH3 is 1. The monoisotopic (exact) mass is 442 g/mol. The lowest BCUT2D eigenvalue weighted by molar-refractivity contribution is 0.244. The smallest absolute Gasteiger partial charge is 0.162 e. The SMILES string of the molecule is COc1cc2ncnc(Nc3ccc(F)c(Cl)c3)c2cc1OCCCN1CC2C[C@H]2C1. The van der Waals surface area contributed by atoms with E-state index in [1.165, 1.54) is 38.0 Å². The number of anilines is 2. The van der Waals surface area contributed by atoms with E-state index in [0.29, 0.717) is 35.1 Å². The van der Waals surface area contributed by atoms with Gasteiger partial charge < -0.3 is 19.7 Å². The highest BCUT2D eigenvalue weighted by Crippen LogP contribution is 2.44. The minimum atomic E-state index is -0.467. The van der Waals surface area contributed by atoms with Gasteiger partial charge in [-0.3, -0.25) is 0 Å². The zero-order valence-electron chi connectivity index (χ0n) is 17.3. The summed E-state index contributed by atoms with van der Waals surface area (Å²) in [6.45, 7) is 4.15. The molecule has 6 nitrogen and oxygen atoms in total. The molecule has 1 aliphatic heterocycles. The fourth-order valence-electron chi connectivity index (χ4n) is 4.29. The van der Waals surface area contributed by atoms with Crippen LogP contribution in [0.15, 0.2) is 36.7 Å². The molecular weight excluding hydrogens is 419 g/mol. The Morgan fingerprint density at radius 1 is 1.16 bits per heavy atom. The Morgan fingerprint density at radius 2 is 2.00 bits per heavy atom. The maximum Gasteiger partial charge on any atom is 0.162 e. The van der Waals surface area contributed by atoms with Gasteiger partial charge in [0.15, 0.2) is 11.5 Å². The zero-order chi connectivity index (χ0) is 21.4. The molecule has 3 aromatic rings. The maximum absolute atomic E-state index is 13.5. The third-order valence-corrected chi connectivity index (χ3v) is 6.32. The number of halogens is 2. The first-order valence-electron chi connectivity index (χ1n) is 10.5. The van der Waals surface area contributed by atoms with Crippen LogP contribution in [-0.2, 0) is 0 Å². The second-order valence-corrected chi connectivity index (χ2v) is 8.62. The number of piperidine rings is 1. The molecule has 2 aliphatic rings. The average Bonchev–Trinajstić information content (AvgIpc) is 3.39. The number of ether oxygens (including phenoxy) is 2. The molecule has 1 saturated carbocycles. The van der Waals surface area contributed by atoms with E-state index in [4.69, 9.17) is 21.1 Å². The molecule has 162 valence electrons. The van der Waals surface area contributed by atoms with Gasteiger partial charge in [-0.15, -0.1) is 0 Å². The third-order valence-electron chi connectivity index (χ3n) is 6.03. The molecule has 0 bridgehead atoms. The van der Waals surface area contributed by atoms with Crippen molar-refractivity contribution >= 4 is 34.0 Å². The summed E-state index contributed by atoms with van der Waals surface area (Å²) in [7, 11) is 1.62. The Hall–Kier alpha value is -2.64. The lowest BCUT2D eigenvalue weighted by Crippen LogP contribution is -2.25. The number of fused-ring (bicyclic) bond motifs is 2. The van der Waals surface area contributed by atoms with E-state index in [1.54, 1.807) is 13.2 Å². The molecule has 0 radical (unpaired) electrons. The Balaban J connectivity index is 1.32. The van der Waals surface area contributed by atoms with E-state index in [2.05, 4.69) is 20.2 Å². The van der Waals surface area contributed by atoms with Crippen molar-refractivity contribution in [3.8, 4) is 11.5 Å². The van der Waals surface area contributed by atoms with Crippen LogP contribution >= 0.6 is 11.6 Å². The standard InChI is InChI=1S/C23H24ClFN4O2/c1-30-21-10-20-17(9-22(21)31-6-2-5-29-11-14-7-15(14)12-29)23(27-13-26-20)28-16-3-4-19(25)18(24)8-16/h3-4,8-10,13-15H,2,5-7,11-12H2,1H3,(H,26,27,28)/t14-,15?/m0/s1. The summed E-state index contributed by atoms with van der Waals surface area (Å²) in [6, 6.07) is 8.16. The highest BCUT2D eigenvalue weighted by atomic mass is 35.5. The Morgan fingerprint density at radius 3 is 2.77 bits per heavy atom. The molecule has 5 rings (SSSR count). The van der Waals surface area contributed by atoms with Gasteiger partial charge in [-0.1, -0.05) is 11.6 Å². The number of nitrogens with one attached hydrogen (secondary N) is 1. The van der Waals surface area contributed by atoms with Crippen molar-refractivity contribution in [2.24, 2.45) is 11.8 Å². The first-order chi connectivity index (χ1) is 15.1. The molecule has 0 amide bonds. The minimum Gasteiger partial charge on any atom is -0.493 e. The summed E-state index contributed by atoms with van der Waals surface area (Å²) >= 11 is 5.90. The van der Waals surface area contributed by atoms with Crippen molar-refractivity contribution in [1.82, 2.24) is 14.9 Å². The van der Waals surface area contributed by atoms with Gasteiger partial charge in [0.1, 0.15) is 18.0 Å². The van der Waals surface area contributed by atoms with E-state index >= 15 is 0 Å². The first-order valence-corrected chi connectivity index (χ1v) is 10.9. The van der Waals surface area contributed by atoms with Gasteiger partial charge in [-0.25, -0.2) is 14.4 Å². The summed E-state index contributed by atoms with van der Waals surface area (Å²) in [5, 5.41) is 4.01. The largest absolute Gasteiger partial charge is 0.493 e. The molecule has 2 heterocycles. The molecule has 8 heteroatoms. The Labute approximate surface area is 185 Å². The van der Waals surface area contributed by atoms with Crippen molar-refractivity contribution in [3.05, 3.63) is 47.5 Å². The van der Waals surface area contributed by atoms with E-state index in [9.17, 15) is 4.39 Å². The van der Waals surface area contributed by atoms with Crippen LogP contribution in [-0.4, -0.2) is 48.2 Å². The summed E-state index contributed by atoms with van der Waals surface area (Å²) in [6.07, 6.45) is 3.85. The lowest BCUT2D eigenvalue weighted by atomic mass is 10.2. The summed E-state index contributed by atoms with van der Waals surface area (Å²) in [5.74, 6) is 3.29. The van der Waals surface area contributed by atoms with Gasteiger partial charge in [0, 0.05) is 36.8 Å². The molecule has 2 fully saturated rings. The van der Waals surface area contributed by atoms with Crippen LogP contribution in [0.3, 0.4) is 0 Å². The van der Waals surface area contributed by atoms with Crippen LogP contribution in [0.5, 0.6) is 11.5 Å². The second-order valence-electron chi connectivity index (χ2n) is 8.21. The first kappa shape index (κ1) is 20.3. The molecule has 0 spiro atoms. The quantitative estimate of drug-likeness (QED) is 0.501. The molecule has 1 aromatic heterocycles. The van der Waals surface area contributed by atoms with Gasteiger partial charge in [-0.2, -0.15) is 0 Å². The second kappa shape index (κ2) is 8.48. The normalized spacial score (nSPS) is 20.0. The lowest BCUT2D eigenvalue weighted by Gasteiger charge is -2.18. The number of rotatable bonds is 8. The minimum absolute atomic E-state index is 0.0457. The van der Waals surface area contributed by atoms with E-state index in [0.717, 1.165) is 30.2 Å². The molecule has 1 aliphatic carbocycles. The Bertz CT molecular complexity index is 1100. The fourth-order valence-corrected chi connectivity index (χ4v) is 4.48. The van der Waals surface area contributed by atoms with Crippen LogP contribution in [0.2, 0.25) is 5.02 Å². The maximum atomic E-state index is 13.5. The third kappa shape index (κ3) is 4.38. The van der Waals surface area contributed by atoms with Crippen molar-refractivity contribution < 1.29 is 13.9 Å². The number of benzene rings is 2. The summed E-state index contributed by atoms with van der Waals surface area (Å²) in [4.78, 5) is 11.2. The highest BCUT2D eigenvalue weighted by molar-refractivity contribution is 6.31. The number of aromatic nitrogens is 2. The number of hydrogen-bond acceptors (Lipinski definition) is 6. The number of likely N-dealkylation sites (tertiary alicyclic amines) is 1. The molecule has 1 N–H and O–H groups in total. The molecule has 1 saturated heterocycles. The molecule has 31 heavy (non-hydrogen) atoms. The number of hydrogen-bond donors (Lipinski definition) is 1. The van der Waals surface area contributed by atoms with Gasteiger partial charge in [0.2, 0.25) is 0 Å². The van der Waals surface area contributed by atoms with Crippen molar-refractivity contribution in [1.29, 1.82) is 0 Å². The fraction of sp³-hybridized carbons (Fsp3) is 0.391. The number of nitrogens with zero attached hydrogens (tertiary/aromatic N) is 3. The average molecular weight is 443 g/mol. The van der Waals surface area contributed by atoms with Crippen LogP contribution in [0.4, 0.5) is 15.9 Å². The Kier molecular flexibility index (Phi) is 5.54. The molecule has 2 aromatic carbocycles. The van der Waals surface area contributed by atoms with Crippen molar-refractivity contribution in [3.63, 3.8) is 0 Å². The molecule has 2 atom stereocenters. The summed E-state index contributed by atoms with van der Waals surface area (Å²) < 4.78 is 25.1. The zero-order valence-corrected chi connectivity index (χ0v) is 18.0. The summed E-state index contributed by atoms with van der Waals surface area (Å²) in [5.41, 5.74) is 1.35. The van der Waals surface area contributed by atoms with E-state index in [-0.39, 0.29) is 5.02 Å². The van der Waals surface area contributed by atoms with Gasteiger partial charge >= 0.3 is 0 Å². The van der Waals surface area contributed by atoms with Gasteiger partial charge in [0.05, 0.1) is 24.3 Å². The van der Waals surface area contributed by atoms with E-state index in [1.807, 2.05) is 12.1 Å². The van der Waals surface area contributed by atoms with Gasteiger partial charge in [0.25, 0.3) is 0 Å². The highest BCUT2D eigenvalue weighted by Gasteiger charge is 2.44. The topological polar surface area (TPSA) is 59.5 Å². The van der Waals surface area contributed by atoms with Crippen LogP contribution in [0, 0.1) is 17.7 Å². The molecular formula is C23H24ClFN4O2. The predicted octanol–water partition coefficient (Wildman–Crippen LogP) is 4.90. The van der Waals surface area contributed by atoms with Crippen molar-refractivity contribution in [2.45, 2.75) is 12.8 Å². The van der Waals surface area contributed by atoms with Crippen LogP contribution in [0.1, 0.15) is 12.8 Å². The predicted molar refractivity (Wildman–Crippen MR) is 119 cm³/mol. The molecule has 1 unspecified atom stereocenters. The van der Waals surface area contributed by atoms with Crippen LogP contribution < -0.4 is 14.8 Å².